The van der Waals surface area contributed by atoms with Crippen LogP contribution in [-0.4, -0.2) is 191 Å². The number of fused-ring (bicyclic) bond motifs is 4. The summed E-state index contributed by atoms with van der Waals surface area (Å²) in [6.07, 6.45) is 17.0. The molecule has 10 N–H and O–H groups in total. The fourth-order valence-electron chi connectivity index (χ4n) is 21.2. The van der Waals surface area contributed by atoms with Gasteiger partial charge in [-0.1, -0.05) is 157 Å². The van der Waals surface area contributed by atoms with Gasteiger partial charge in [-0.2, -0.15) is 0 Å². The molecule has 0 saturated heterocycles. The summed E-state index contributed by atoms with van der Waals surface area (Å²) in [5, 5.41) is 111. The number of cyclic esters (lactones) is 4. The van der Waals surface area contributed by atoms with Gasteiger partial charge in [0.2, 0.25) is 5.89 Å². The van der Waals surface area contributed by atoms with Crippen molar-refractivity contribution in [2.24, 2.45) is 116 Å². The first kappa shape index (κ1) is 117. The highest BCUT2D eigenvalue weighted by atomic mass is 32.1. The molecule has 0 radical (unpaired) electrons. The van der Waals surface area contributed by atoms with Crippen LogP contribution in [0.3, 0.4) is 0 Å². The number of esters is 4. The fraction of sp³-hybridized carbons (Fsp3) is 0.679. The summed E-state index contributed by atoms with van der Waals surface area (Å²) >= 11 is 2.93. The maximum absolute atomic E-state index is 13.3. The number of ketones is 4. The molecule has 8 unspecified atom stereocenters. The topological polar surface area (TPSA) is 454 Å². The van der Waals surface area contributed by atoms with Crippen molar-refractivity contribution in [2.45, 2.75) is 369 Å². The largest absolute Gasteiger partial charge is 0.457 e. The SMILES string of the molecule is C/C1=C/C[C@@H](/C(C)=C/c2coc(C)n2)OC(=O)C[C@H](O)C(C)(C)C(=O)[C@H](C)[C@@H](O)[C@@H](C)C2CC2C1.C/C1=C/C[C@@H](/C(C)=C/c2coc(CO)n2)OC(=O)C[C@H](O)C(C)(C)C(=O)[C@H](C)[C@@H](O)[C@@H](C)C2CC2C1.C/C1=C/C[C@@H](/C(C)=C/c2csc(C)n2)OC(=O)C[C@H](O)C(C)(C)C(=O)[C@H](C)[C@@H](O)[C@@H](C)C2CC2C1.C/C1=C/C[C@@H](/C(C)=C/c2csc(CO)n2)OC(=O)C[C@H](O)C(C)(C)C(=O)[C@H](C)[C@@H](O)[C@@H](C)C2CC2C1. The van der Waals surface area contributed by atoms with Crippen LogP contribution in [0.5, 0.6) is 0 Å². The molecule has 28 nitrogen and oxygen atoms in total. The molecule has 30 heteroatoms. The molecule has 12 rings (SSSR count). The quantitative estimate of drug-likeness (QED) is 0.0400. The number of Topliss-reactive ketones (excluding diaryl/α,β-unsaturated/α-hetero) is 4. The summed E-state index contributed by atoms with van der Waals surface area (Å²) in [5.41, 5.74) is 5.94. The maximum atomic E-state index is 13.3. The zero-order chi connectivity index (χ0) is 106. The van der Waals surface area contributed by atoms with E-state index in [-0.39, 0.29) is 91.6 Å². The molecule has 4 saturated carbocycles. The minimum atomic E-state index is -1.26. The number of aliphatic hydroxyl groups excluding tert-OH is 10. The van der Waals surface area contributed by atoms with Crippen molar-refractivity contribution < 1.29 is 117 Å². The number of aromatic nitrogens is 4. The van der Waals surface area contributed by atoms with Crippen LogP contribution < -0.4 is 0 Å². The Balaban J connectivity index is 0.000000211. The lowest BCUT2D eigenvalue weighted by atomic mass is 9.72. The van der Waals surface area contributed by atoms with Crippen LogP contribution in [-0.2, 0) is 70.5 Å². The molecule has 4 aliphatic carbocycles. The van der Waals surface area contributed by atoms with Crippen LogP contribution in [0.1, 0.15) is 313 Å². The Morgan fingerprint density at radius 3 is 0.852 bits per heavy atom. The Morgan fingerprint density at radius 2 is 0.613 bits per heavy atom. The van der Waals surface area contributed by atoms with Gasteiger partial charge in [0, 0.05) is 67.0 Å². The van der Waals surface area contributed by atoms with Crippen LogP contribution in [0.25, 0.3) is 24.3 Å². The highest BCUT2D eigenvalue weighted by Crippen LogP contribution is 2.55. The van der Waals surface area contributed by atoms with E-state index in [1.54, 1.807) is 114 Å². The van der Waals surface area contributed by atoms with E-state index >= 15 is 0 Å². The van der Waals surface area contributed by atoms with Crippen LogP contribution in [0.2, 0.25) is 0 Å². The van der Waals surface area contributed by atoms with Gasteiger partial charge in [-0.3, -0.25) is 38.4 Å². The minimum Gasteiger partial charge on any atom is -0.457 e. The van der Waals surface area contributed by atoms with Crippen molar-refractivity contribution in [3.63, 3.8) is 0 Å². The van der Waals surface area contributed by atoms with Crippen molar-refractivity contribution in [3.8, 4) is 0 Å². The van der Waals surface area contributed by atoms with E-state index in [9.17, 15) is 89.4 Å². The average molecular weight is 2010 g/mol. The number of hydrogen-bond acceptors (Lipinski definition) is 30. The van der Waals surface area contributed by atoms with Crippen molar-refractivity contribution in [2.75, 3.05) is 0 Å². The monoisotopic (exact) mass is 2010 g/mol. The number of carbonyl (C=O) groups excluding carboxylic acids is 8. The van der Waals surface area contributed by atoms with E-state index < -0.39 is 142 Å². The molecule has 0 spiro atoms. The Kier molecular flexibility index (Phi) is 41.7. The van der Waals surface area contributed by atoms with Gasteiger partial charge in [0.05, 0.1) is 119 Å². The number of thiazole rings is 2. The first-order chi connectivity index (χ1) is 66.3. The second-order valence-electron chi connectivity index (χ2n) is 45.1. The summed E-state index contributed by atoms with van der Waals surface area (Å²) in [4.78, 5) is 122. The molecule has 4 aromatic heterocycles. The van der Waals surface area contributed by atoms with E-state index in [1.807, 2.05) is 91.3 Å². The molecule has 28 atom stereocenters. The van der Waals surface area contributed by atoms with Crippen molar-refractivity contribution in [3.05, 3.63) is 137 Å². The third-order valence-electron chi connectivity index (χ3n) is 32.2. The Hall–Kier alpha value is -8.24. The highest BCUT2D eigenvalue weighted by Gasteiger charge is 2.54. The maximum Gasteiger partial charge on any atom is 0.309 e. The molecule has 8 heterocycles. The van der Waals surface area contributed by atoms with E-state index in [1.165, 1.54) is 39.9 Å². The number of oxazole rings is 2. The van der Waals surface area contributed by atoms with Crippen molar-refractivity contribution in [1.29, 1.82) is 0 Å². The van der Waals surface area contributed by atoms with Crippen LogP contribution in [0.15, 0.2) is 101 Å². The Morgan fingerprint density at radius 1 is 0.352 bits per heavy atom. The van der Waals surface area contributed by atoms with Crippen molar-refractivity contribution in [1.82, 2.24) is 19.9 Å². The third-order valence-corrected chi connectivity index (χ3v) is 33.8. The second-order valence-corrected chi connectivity index (χ2v) is 47.1. The number of rotatable bonds is 10. The second kappa shape index (κ2) is 50.4. The number of ether oxygens (including phenoxy) is 4. The number of nitrogens with zero attached hydrogens (tertiary/aromatic N) is 4. The van der Waals surface area contributed by atoms with Crippen LogP contribution >= 0.6 is 22.7 Å². The third kappa shape index (κ3) is 31.4. The normalized spacial score (nSPS) is 36.3. The average Bonchev–Trinajstić information content (AvgIpc) is 1.62. The summed E-state index contributed by atoms with van der Waals surface area (Å²) < 4.78 is 33.7. The van der Waals surface area contributed by atoms with Gasteiger partial charge in [-0.15, -0.1) is 22.7 Å². The summed E-state index contributed by atoms with van der Waals surface area (Å²) in [7, 11) is 0. The van der Waals surface area contributed by atoms with Crippen LogP contribution in [0.4, 0.5) is 0 Å². The van der Waals surface area contributed by atoms with E-state index in [4.69, 9.17) is 27.8 Å². The number of hydrogen-bond donors (Lipinski definition) is 10. The Labute approximate surface area is 848 Å². The van der Waals surface area contributed by atoms with Gasteiger partial charge in [-0.05, 0) is 231 Å². The lowest BCUT2D eigenvalue weighted by molar-refractivity contribution is -0.155. The minimum absolute atomic E-state index is 0.00272. The molecular formula is C112H164N4O24S2. The molecule has 0 amide bonds. The van der Waals surface area contributed by atoms with Crippen molar-refractivity contribution >= 4 is 94.0 Å². The fourth-order valence-corrected chi connectivity index (χ4v) is 22.4. The lowest BCUT2D eigenvalue weighted by Crippen LogP contribution is -2.46. The summed E-state index contributed by atoms with van der Waals surface area (Å²) in [5.74, 6) is -1.87. The van der Waals surface area contributed by atoms with Gasteiger partial charge >= 0.3 is 23.9 Å². The van der Waals surface area contributed by atoms with Gasteiger partial charge < -0.3 is 78.8 Å². The van der Waals surface area contributed by atoms with E-state index in [2.05, 4.69) is 71.9 Å². The number of aliphatic hydroxyl groups is 10. The zero-order valence-electron chi connectivity index (χ0n) is 88.6. The molecule has 4 fully saturated rings. The summed E-state index contributed by atoms with van der Waals surface area (Å²) in [6.45, 7) is 47.0. The molecule has 8 aliphatic rings. The molecule has 142 heavy (non-hydrogen) atoms. The van der Waals surface area contributed by atoms with Gasteiger partial charge in [0.15, 0.2) is 5.89 Å². The predicted octanol–water partition coefficient (Wildman–Crippen LogP) is 17.9. The molecular weight excluding hydrogens is 1850 g/mol. The predicted molar refractivity (Wildman–Crippen MR) is 546 cm³/mol. The first-order valence-electron chi connectivity index (χ1n) is 51.0. The lowest BCUT2D eigenvalue weighted by Gasteiger charge is -2.34. The zero-order valence-corrected chi connectivity index (χ0v) is 90.2. The summed E-state index contributed by atoms with van der Waals surface area (Å²) in [6, 6.07) is 0. The molecule has 0 aromatic carbocycles. The van der Waals surface area contributed by atoms with Gasteiger partial charge in [0.25, 0.3) is 0 Å². The van der Waals surface area contributed by atoms with Crippen LogP contribution in [0, 0.1) is 130 Å². The number of allylic oxidation sites excluding steroid dienone is 4. The highest BCUT2D eigenvalue weighted by molar-refractivity contribution is 7.10. The smallest absolute Gasteiger partial charge is 0.309 e. The molecule has 0 bridgehead atoms. The van der Waals surface area contributed by atoms with E-state index in [0.29, 0.717) is 101 Å². The number of aryl methyl sites for hydroxylation is 2. The van der Waals surface area contributed by atoms with E-state index in [0.717, 1.165) is 84.4 Å². The molecule has 4 aromatic rings. The Bertz CT molecular complexity index is 4960. The standard InChI is InChI=1S/C28H41NO7.C28H41NO6S.C28H41NO6.C28H41NO5S/c1-15-7-8-22(16(2)10-20-14-35-24(13-30)29-20)36-25(32)12-23(31)28(5,6)27(34)18(4)26(33)17(3)21-11-19(21)9-15;1-15-7-8-22(16(2)10-20-14-36-24(13-30)29-20)35-25(32)12-23(31)28(5,6)27(34)18(4)26(33)17(3)21-11-19(21)9-15;1-15-8-9-23(16(2)11-21-14-34-19(5)29-21)35-25(31)13-24(30)28(6,7)27(33)18(4)26(32)17(3)22-12-20(22)10-15;1-15-8-9-23(16(2)11-21-14-35-19(5)29-21)34-25(31)13-24(30)28(6,7)27(33)18(4)26(32)17(3)22-12-20(22)10-15/h2*7,10,14,17-19,21-23,26,30-31,33H,8-9,11-13H2,1-6H3;2*8,11,14,17-18,20,22-24,26,30,32H,9-10,12-13H2,1-7H3/b2*15-7-,16-10+;2*15-8-,16-11+/t2*17-,18+,19?,21?,22-,23-,26-;2*17-,18+,20?,22?,23-,24-,26-/m0000/s1. The number of carbonyl (C=O) groups is 8. The first-order valence-corrected chi connectivity index (χ1v) is 52.8. The molecule has 4 aliphatic heterocycles. The molecule has 788 valence electrons. The van der Waals surface area contributed by atoms with Gasteiger partial charge in [-0.25, -0.2) is 19.9 Å². The van der Waals surface area contributed by atoms with Gasteiger partial charge in [0.1, 0.15) is 83.1 Å².